The summed E-state index contributed by atoms with van der Waals surface area (Å²) in [5, 5.41) is 11.4. The normalized spacial score (nSPS) is 18.1. The molecule has 2 N–H and O–H groups in total. The summed E-state index contributed by atoms with van der Waals surface area (Å²) in [5.41, 5.74) is 2.37. The summed E-state index contributed by atoms with van der Waals surface area (Å²) >= 11 is 2.58. The lowest BCUT2D eigenvalue weighted by Gasteiger charge is -2.50. The summed E-state index contributed by atoms with van der Waals surface area (Å²) in [6, 6.07) is 58.3. The molecular formula is C58H51N5O7S2. The van der Waals surface area contributed by atoms with Gasteiger partial charge < -0.3 is 24.9 Å². The third-order valence-electron chi connectivity index (χ3n) is 12.8. The van der Waals surface area contributed by atoms with Crippen LogP contribution in [0.15, 0.2) is 205 Å². The van der Waals surface area contributed by atoms with E-state index in [0.717, 1.165) is 33.4 Å². The Bertz CT molecular complexity index is 2960. The van der Waals surface area contributed by atoms with E-state index in [-0.39, 0.29) is 29.6 Å². The molecule has 0 spiro atoms. The van der Waals surface area contributed by atoms with Crippen LogP contribution >= 0.6 is 23.1 Å². The summed E-state index contributed by atoms with van der Waals surface area (Å²) in [7, 11) is 0. The van der Waals surface area contributed by atoms with E-state index in [1.54, 1.807) is 27.0 Å². The van der Waals surface area contributed by atoms with Crippen LogP contribution in [-0.4, -0.2) is 68.2 Å². The minimum atomic E-state index is -1.36. The maximum absolute atomic E-state index is 15.3. The number of oxime groups is 1. The van der Waals surface area contributed by atoms with E-state index in [4.69, 9.17) is 24.5 Å². The van der Waals surface area contributed by atoms with Gasteiger partial charge in [0, 0.05) is 40.6 Å². The smallest absolute Gasteiger partial charge is 0.355 e. The monoisotopic (exact) mass is 993 g/mol. The lowest BCUT2D eigenvalue weighted by atomic mass is 9.77. The van der Waals surface area contributed by atoms with Gasteiger partial charge in [-0.25, -0.2) is 9.78 Å². The Morgan fingerprint density at radius 3 is 1.61 bits per heavy atom. The summed E-state index contributed by atoms with van der Waals surface area (Å²) in [4.78, 5) is 69.6. The highest BCUT2D eigenvalue weighted by Gasteiger charge is 2.56. The van der Waals surface area contributed by atoms with Gasteiger partial charge in [0.1, 0.15) is 34.4 Å². The molecule has 2 saturated heterocycles. The largest absolute Gasteiger partial charge is 0.458 e. The zero-order valence-corrected chi connectivity index (χ0v) is 41.4. The summed E-state index contributed by atoms with van der Waals surface area (Å²) in [6.07, 6.45) is 1.47. The predicted octanol–water partition coefficient (Wildman–Crippen LogP) is 9.96. The van der Waals surface area contributed by atoms with E-state index >= 15 is 4.79 Å². The van der Waals surface area contributed by atoms with Crippen molar-refractivity contribution in [2.24, 2.45) is 5.16 Å². The molecule has 2 amide bonds. The van der Waals surface area contributed by atoms with Crippen molar-refractivity contribution >= 4 is 57.7 Å². The van der Waals surface area contributed by atoms with E-state index in [9.17, 15) is 14.4 Å². The van der Waals surface area contributed by atoms with Crippen LogP contribution in [-0.2, 0) is 44.6 Å². The van der Waals surface area contributed by atoms with Gasteiger partial charge in [-0.3, -0.25) is 19.3 Å². The fourth-order valence-electron chi connectivity index (χ4n) is 9.56. The molecule has 14 heteroatoms. The maximum Gasteiger partial charge on any atom is 0.355 e. The first kappa shape index (κ1) is 47.8. The van der Waals surface area contributed by atoms with Crippen molar-refractivity contribution < 1.29 is 33.5 Å². The molecule has 3 aliphatic rings. The first-order valence-corrected chi connectivity index (χ1v) is 25.6. The fraction of sp³-hybridized carbons (Fsp3) is 0.207. The lowest BCUT2D eigenvalue weighted by Crippen LogP contribution is -2.71. The van der Waals surface area contributed by atoms with Gasteiger partial charge in [0.05, 0.1) is 4.88 Å². The Morgan fingerprint density at radius 2 is 1.17 bits per heavy atom. The zero-order chi connectivity index (χ0) is 49.9. The van der Waals surface area contributed by atoms with E-state index in [1.807, 2.05) is 146 Å². The van der Waals surface area contributed by atoms with Crippen molar-refractivity contribution in [1.29, 1.82) is 0 Å². The molecule has 3 atom stereocenters. The predicted molar refractivity (Wildman–Crippen MR) is 279 cm³/mol. The van der Waals surface area contributed by atoms with Crippen molar-refractivity contribution in [2.75, 3.05) is 11.1 Å². The number of β-lactam (4-membered cyclic amide) rings is 1. The number of anilines is 1. The van der Waals surface area contributed by atoms with Crippen LogP contribution in [0.4, 0.5) is 5.13 Å². The van der Waals surface area contributed by atoms with Crippen LogP contribution in [0.25, 0.3) is 0 Å². The molecule has 10 rings (SSSR count). The van der Waals surface area contributed by atoms with Crippen LogP contribution < -0.4 is 10.6 Å². The first-order valence-electron chi connectivity index (χ1n) is 23.7. The molecule has 12 nitrogen and oxygen atoms in total. The average Bonchev–Trinajstić information content (AvgIpc) is 4.07. The molecule has 3 aliphatic heterocycles. The van der Waals surface area contributed by atoms with Crippen LogP contribution in [0.3, 0.4) is 0 Å². The second kappa shape index (κ2) is 20.1. The zero-order valence-electron chi connectivity index (χ0n) is 39.8. The average molecular weight is 994 g/mol. The fourth-order valence-corrected chi connectivity index (χ4v) is 11.8. The third kappa shape index (κ3) is 9.19. The van der Waals surface area contributed by atoms with Gasteiger partial charge in [0.25, 0.3) is 11.8 Å². The summed E-state index contributed by atoms with van der Waals surface area (Å²) < 4.78 is 11.4. The number of cyclic esters (lactones) is 1. The molecule has 0 radical (unpaired) electrons. The molecule has 7 aromatic rings. The van der Waals surface area contributed by atoms with Gasteiger partial charge in [-0.1, -0.05) is 198 Å². The number of ether oxygens (including phenoxy) is 2. The number of rotatable bonds is 15. The summed E-state index contributed by atoms with van der Waals surface area (Å²) in [6.45, 7) is 5.23. The Balaban J connectivity index is 1.07. The minimum Gasteiger partial charge on any atom is -0.458 e. The second-order valence-electron chi connectivity index (χ2n) is 18.6. The van der Waals surface area contributed by atoms with Crippen molar-refractivity contribution in [3.63, 3.8) is 0 Å². The molecule has 6 aromatic carbocycles. The maximum atomic E-state index is 15.3. The van der Waals surface area contributed by atoms with Crippen molar-refractivity contribution in [3.8, 4) is 0 Å². The Kier molecular flexibility index (Phi) is 13.4. The van der Waals surface area contributed by atoms with Crippen molar-refractivity contribution in [1.82, 2.24) is 15.2 Å². The molecule has 2 fully saturated rings. The van der Waals surface area contributed by atoms with Gasteiger partial charge in [0.15, 0.2) is 10.8 Å². The molecule has 0 aliphatic carbocycles. The number of aromatic nitrogens is 1. The second-order valence-corrected chi connectivity index (χ2v) is 20.7. The molecule has 0 saturated carbocycles. The topological polar surface area (TPSA) is 149 Å². The van der Waals surface area contributed by atoms with Crippen LogP contribution in [0.1, 0.15) is 71.9 Å². The number of thiazole rings is 1. The number of hydrogen-bond acceptors (Lipinski definition) is 12. The molecule has 0 unspecified atom stereocenters. The number of nitrogens with zero attached hydrogens (tertiary/aromatic N) is 3. The van der Waals surface area contributed by atoms with E-state index < -0.39 is 52.0 Å². The van der Waals surface area contributed by atoms with Crippen molar-refractivity contribution in [2.45, 2.75) is 67.9 Å². The van der Waals surface area contributed by atoms with Gasteiger partial charge >= 0.3 is 11.9 Å². The number of thioether (sulfide) groups is 1. The number of carbonyl (C=O) groups excluding carboxylic acids is 4. The standard InChI is InChI=1S/C58H51N5O7S2/c1-56(2,3)69-54(67)50-44(45-34-35-47(64)68-45)37-71-53-49(52(66)63(50)53)60-51(65)48(62-70-58(41-28-16-7-17-29-41,42-30-18-8-19-31-42)43-32-20-9-21-33-43)46-36-59-55(72-46)61-57(38-22-10-4-11-23-38,39-24-12-5-13-25-39)40-26-14-6-15-27-40/h4-33,36,45,49,53H,34-35,37H2,1-3H3,(H,59,61)(H,60,65)/b62-48+/t45-,49+,53+/m0/s1. The minimum absolute atomic E-state index is 0.0383. The highest BCUT2D eigenvalue weighted by molar-refractivity contribution is 8.00. The number of carbonyl (C=O) groups is 4. The summed E-state index contributed by atoms with van der Waals surface area (Å²) in [5.74, 6) is -2.05. The number of fused-ring (bicyclic) bond motifs is 1. The Labute approximate surface area is 426 Å². The van der Waals surface area contributed by atoms with Crippen LogP contribution in [0.5, 0.6) is 0 Å². The highest BCUT2D eigenvalue weighted by Crippen LogP contribution is 2.46. The first-order chi connectivity index (χ1) is 35.0. The van der Waals surface area contributed by atoms with Crippen LogP contribution in [0, 0.1) is 0 Å². The number of benzene rings is 6. The molecular weight excluding hydrogens is 943 g/mol. The van der Waals surface area contributed by atoms with Crippen LogP contribution in [0.2, 0.25) is 0 Å². The number of esters is 2. The number of amides is 2. The van der Waals surface area contributed by atoms with Gasteiger partial charge in [-0.15, -0.1) is 11.8 Å². The lowest BCUT2D eigenvalue weighted by molar-refractivity contribution is -0.159. The number of nitrogens with one attached hydrogen (secondary N) is 2. The molecule has 72 heavy (non-hydrogen) atoms. The Morgan fingerprint density at radius 1 is 0.694 bits per heavy atom. The van der Waals surface area contributed by atoms with Gasteiger partial charge in [-0.2, -0.15) is 0 Å². The molecule has 0 bridgehead atoms. The van der Waals surface area contributed by atoms with Crippen molar-refractivity contribution in [3.05, 3.63) is 238 Å². The number of hydrogen-bond donors (Lipinski definition) is 2. The third-order valence-corrected chi connectivity index (χ3v) is 15.1. The van der Waals surface area contributed by atoms with E-state index in [0.29, 0.717) is 22.0 Å². The van der Waals surface area contributed by atoms with Gasteiger partial charge in [0.2, 0.25) is 5.60 Å². The van der Waals surface area contributed by atoms with E-state index in [2.05, 4.69) is 47.0 Å². The van der Waals surface area contributed by atoms with Gasteiger partial charge in [-0.05, 0) is 43.9 Å². The molecule has 362 valence electrons. The molecule has 1 aromatic heterocycles. The SMILES string of the molecule is CC(C)(C)OC(=O)C1=C([C@@H]2CCC(=O)O2)CS[C@@H]2[C@H](NC(=O)/C(=N/OC(c3ccccc3)(c3ccccc3)c3ccccc3)c3cnc(NC(c4ccccc4)(c4ccccc4)c4ccccc4)s3)C(=O)N12. The molecule has 4 heterocycles. The highest BCUT2D eigenvalue weighted by atomic mass is 32.2. The Hall–Kier alpha value is -7.81. The van der Waals surface area contributed by atoms with E-state index in [1.165, 1.54) is 28.0 Å². The quantitative estimate of drug-likeness (QED) is 0.0334.